The average Bonchev–Trinajstić information content (AvgIpc) is 2.14. The maximum Gasteiger partial charge on any atom is 0.0165 e. The molecule has 1 rings (SSSR count). The molecule has 1 atom stereocenters. The summed E-state index contributed by atoms with van der Waals surface area (Å²) in [7, 11) is 0. The molecule has 0 radical (unpaired) electrons. The van der Waals surface area contributed by atoms with Gasteiger partial charge in [0.05, 0.1) is 0 Å². The van der Waals surface area contributed by atoms with Crippen molar-refractivity contribution < 1.29 is 0 Å². The van der Waals surface area contributed by atoms with Gasteiger partial charge in [-0.2, -0.15) is 0 Å². The van der Waals surface area contributed by atoms with Crippen LogP contribution < -0.4 is 5.73 Å². The summed E-state index contributed by atoms with van der Waals surface area (Å²) in [5, 5.41) is 0. The van der Waals surface area contributed by atoms with E-state index in [1.807, 2.05) is 12.2 Å². The lowest BCUT2D eigenvalue weighted by Crippen LogP contribution is -2.04. The Hall–Kier alpha value is -0.720. The van der Waals surface area contributed by atoms with Gasteiger partial charge in [0.2, 0.25) is 0 Å². The molecule has 0 aromatic heterocycles. The smallest absolute Gasteiger partial charge is 0.0165 e. The van der Waals surface area contributed by atoms with E-state index in [0.717, 1.165) is 12.1 Å². The van der Waals surface area contributed by atoms with Gasteiger partial charge in [0, 0.05) is 11.6 Å². The molecular weight excluding hydrogens is 98.1 g/mol. The average molecular weight is 109 g/mol. The van der Waals surface area contributed by atoms with Gasteiger partial charge in [-0.05, 0) is 12.5 Å². The Morgan fingerprint density at radius 3 is 2.75 bits per heavy atom. The van der Waals surface area contributed by atoms with Crippen molar-refractivity contribution in [1.82, 2.24) is 0 Å². The van der Waals surface area contributed by atoms with Crippen molar-refractivity contribution in [2.75, 3.05) is 0 Å². The van der Waals surface area contributed by atoms with Crippen LogP contribution in [0, 0.1) is 5.92 Å². The van der Waals surface area contributed by atoms with Crippen molar-refractivity contribution in [2.24, 2.45) is 11.7 Å². The van der Waals surface area contributed by atoms with Crippen LogP contribution in [0.1, 0.15) is 13.3 Å². The Morgan fingerprint density at radius 1 is 1.75 bits per heavy atom. The fraction of sp³-hybridized carbons (Fsp3) is 0.429. The predicted molar refractivity (Wildman–Crippen MR) is 35.2 cm³/mol. The molecule has 0 amide bonds. The lowest BCUT2D eigenvalue weighted by Gasteiger charge is -2.03. The zero-order valence-electron chi connectivity index (χ0n) is 5.09. The van der Waals surface area contributed by atoms with Gasteiger partial charge in [0.25, 0.3) is 0 Å². The van der Waals surface area contributed by atoms with Crippen LogP contribution >= 0.6 is 0 Å². The maximum atomic E-state index is 5.59. The number of hydrogen-bond donors (Lipinski definition) is 1. The Kier molecular flexibility index (Phi) is 1.38. The largest absolute Gasteiger partial charge is 0.402 e. The van der Waals surface area contributed by atoms with Crippen molar-refractivity contribution in [3.63, 3.8) is 0 Å². The first-order valence-electron chi connectivity index (χ1n) is 2.98. The molecule has 1 unspecified atom stereocenters. The van der Waals surface area contributed by atoms with Gasteiger partial charge in [0.15, 0.2) is 0 Å². The molecule has 0 fully saturated rings. The minimum Gasteiger partial charge on any atom is -0.402 e. The molecule has 1 aliphatic carbocycles. The molecule has 0 aliphatic heterocycles. The van der Waals surface area contributed by atoms with Gasteiger partial charge in [0.1, 0.15) is 0 Å². The van der Waals surface area contributed by atoms with Crippen LogP contribution in [0.3, 0.4) is 0 Å². The van der Waals surface area contributed by atoms with Crippen LogP contribution in [0.4, 0.5) is 0 Å². The summed E-state index contributed by atoms with van der Waals surface area (Å²) < 4.78 is 0. The fourth-order valence-electron chi connectivity index (χ4n) is 0.907. The van der Waals surface area contributed by atoms with Gasteiger partial charge in [-0.3, -0.25) is 0 Å². The Labute approximate surface area is 49.9 Å². The van der Waals surface area contributed by atoms with Crippen LogP contribution in [0.25, 0.3) is 0 Å². The van der Waals surface area contributed by atoms with Crippen LogP contribution in [0.15, 0.2) is 23.9 Å². The minimum atomic E-state index is 0.523. The van der Waals surface area contributed by atoms with Gasteiger partial charge < -0.3 is 5.73 Å². The summed E-state index contributed by atoms with van der Waals surface area (Å²) in [6, 6.07) is 0. The van der Waals surface area contributed by atoms with E-state index >= 15 is 0 Å². The summed E-state index contributed by atoms with van der Waals surface area (Å²) in [6.45, 7) is 2.14. The highest BCUT2D eigenvalue weighted by molar-refractivity contribution is 5.24. The first-order chi connectivity index (χ1) is 3.84. The highest BCUT2D eigenvalue weighted by atomic mass is 14.6. The molecule has 2 N–H and O–H groups in total. The topological polar surface area (TPSA) is 26.0 Å². The number of rotatable bonds is 1. The van der Waals surface area contributed by atoms with Crippen LogP contribution in [0.2, 0.25) is 0 Å². The third-order valence-electron chi connectivity index (χ3n) is 1.50. The van der Waals surface area contributed by atoms with Crippen molar-refractivity contribution in [2.45, 2.75) is 13.3 Å². The summed E-state index contributed by atoms with van der Waals surface area (Å²) in [4.78, 5) is 0. The molecule has 44 valence electrons. The van der Waals surface area contributed by atoms with E-state index in [9.17, 15) is 0 Å². The Morgan fingerprint density at radius 2 is 2.50 bits per heavy atom. The van der Waals surface area contributed by atoms with E-state index < -0.39 is 0 Å². The molecule has 0 aromatic rings. The predicted octanol–water partition coefficient (Wildman–Crippen LogP) is 1.43. The van der Waals surface area contributed by atoms with Gasteiger partial charge >= 0.3 is 0 Å². The second kappa shape index (κ2) is 2.03. The van der Waals surface area contributed by atoms with Crippen molar-refractivity contribution in [3.05, 3.63) is 23.9 Å². The van der Waals surface area contributed by atoms with Crippen molar-refractivity contribution in [1.29, 1.82) is 0 Å². The van der Waals surface area contributed by atoms with Crippen molar-refractivity contribution in [3.8, 4) is 0 Å². The summed E-state index contributed by atoms with van der Waals surface area (Å²) in [6.07, 6.45) is 7.24. The van der Waals surface area contributed by atoms with E-state index in [2.05, 4.69) is 13.0 Å². The Bertz CT molecular complexity index is 133. The molecule has 0 spiro atoms. The number of hydrogen-bond acceptors (Lipinski definition) is 1. The maximum absolute atomic E-state index is 5.59. The minimum absolute atomic E-state index is 0.523. The van der Waals surface area contributed by atoms with Crippen LogP contribution in [-0.4, -0.2) is 0 Å². The van der Waals surface area contributed by atoms with E-state index in [1.54, 1.807) is 0 Å². The molecule has 8 heavy (non-hydrogen) atoms. The molecule has 0 heterocycles. The molecule has 1 nitrogen and oxygen atoms in total. The standard InChI is InChI=1S/C7H11N/c1-2-6-4-3-5-7(6)8/h3-6H,2,8H2,1H3. The summed E-state index contributed by atoms with van der Waals surface area (Å²) in [5.74, 6) is 0.523. The summed E-state index contributed by atoms with van der Waals surface area (Å²) >= 11 is 0. The van der Waals surface area contributed by atoms with Gasteiger partial charge in [-0.15, -0.1) is 0 Å². The second-order valence-corrected chi connectivity index (χ2v) is 2.07. The number of nitrogens with two attached hydrogens (primary N) is 1. The molecule has 0 bridgehead atoms. The first-order valence-corrected chi connectivity index (χ1v) is 2.98. The lowest BCUT2D eigenvalue weighted by molar-refractivity contribution is 0.730. The molecular formula is C7H11N. The zero-order valence-corrected chi connectivity index (χ0v) is 5.09. The van der Waals surface area contributed by atoms with E-state index in [-0.39, 0.29) is 0 Å². The highest BCUT2D eigenvalue weighted by Gasteiger charge is 2.06. The second-order valence-electron chi connectivity index (χ2n) is 2.07. The van der Waals surface area contributed by atoms with Gasteiger partial charge in [-0.1, -0.05) is 19.1 Å². The van der Waals surface area contributed by atoms with E-state index in [4.69, 9.17) is 5.73 Å². The normalized spacial score (nSPS) is 26.1. The quantitative estimate of drug-likeness (QED) is 0.541. The lowest BCUT2D eigenvalue weighted by atomic mass is 10.1. The molecule has 0 aromatic carbocycles. The van der Waals surface area contributed by atoms with E-state index in [1.165, 1.54) is 0 Å². The Balaban J connectivity index is 2.58. The van der Waals surface area contributed by atoms with Crippen LogP contribution in [-0.2, 0) is 0 Å². The summed E-state index contributed by atoms with van der Waals surface area (Å²) in [5.41, 5.74) is 6.60. The molecule has 1 heteroatoms. The molecule has 1 aliphatic rings. The molecule has 0 saturated heterocycles. The van der Waals surface area contributed by atoms with Crippen molar-refractivity contribution >= 4 is 0 Å². The third-order valence-corrected chi connectivity index (χ3v) is 1.50. The molecule has 0 saturated carbocycles. The third kappa shape index (κ3) is 0.760. The SMILES string of the molecule is CCC1C=CC=C1N. The van der Waals surface area contributed by atoms with Gasteiger partial charge in [-0.25, -0.2) is 0 Å². The first kappa shape index (κ1) is 5.42. The number of allylic oxidation sites excluding steroid dienone is 3. The fourth-order valence-corrected chi connectivity index (χ4v) is 0.907. The van der Waals surface area contributed by atoms with E-state index in [0.29, 0.717) is 5.92 Å². The highest BCUT2D eigenvalue weighted by Crippen LogP contribution is 2.16. The monoisotopic (exact) mass is 109 g/mol. The zero-order chi connectivity index (χ0) is 5.98. The van der Waals surface area contributed by atoms with Crippen LogP contribution in [0.5, 0.6) is 0 Å².